The zero-order chi connectivity index (χ0) is 15.1. The summed E-state index contributed by atoms with van der Waals surface area (Å²) >= 11 is 0. The fraction of sp³-hybridized carbons (Fsp3) is 0.824. The molecule has 0 bridgehead atoms. The number of aliphatic hydroxyl groups is 1. The van der Waals surface area contributed by atoms with E-state index in [1.54, 1.807) is 6.92 Å². The van der Waals surface area contributed by atoms with Gasteiger partial charge in [-0.25, -0.2) is 4.79 Å². The van der Waals surface area contributed by atoms with Crippen molar-refractivity contribution in [2.24, 2.45) is 0 Å². The average Bonchev–Trinajstić information content (AvgIpc) is 2.43. The molecular formula is C17H32O3. The van der Waals surface area contributed by atoms with Gasteiger partial charge in [0, 0.05) is 12.2 Å². The molecule has 3 nitrogen and oxygen atoms in total. The maximum atomic E-state index is 11.1. The summed E-state index contributed by atoms with van der Waals surface area (Å²) in [5.74, 6) is -0.272. The third kappa shape index (κ3) is 13.6. The van der Waals surface area contributed by atoms with Crippen LogP contribution in [-0.4, -0.2) is 24.3 Å². The Morgan fingerprint density at radius 3 is 1.65 bits per heavy atom. The lowest BCUT2D eigenvalue weighted by Crippen LogP contribution is -2.05. The van der Waals surface area contributed by atoms with E-state index in [0.29, 0.717) is 18.8 Å². The molecule has 0 aromatic rings. The molecule has 0 amide bonds. The summed E-state index contributed by atoms with van der Waals surface area (Å²) in [5.41, 5.74) is 0.476. The van der Waals surface area contributed by atoms with Crippen LogP contribution in [0.2, 0.25) is 0 Å². The molecule has 0 aromatic carbocycles. The Bertz CT molecular complexity index is 249. The number of ether oxygens (including phenoxy) is 1. The zero-order valence-electron chi connectivity index (χ0n) is 13.2. The SMILES string of the molecule is C=C(C)C(=O)OCCCCCCCCCCCCCO. The summed E-state index contributed by atoms with van der Waals surface area (Å²) in [6, 6.07) is 0. The molecule has 0 unspecified atom stereocenters. The van der Waals surface area contributed by atoms with Gasteiger partial charge in [0.25, 0.3) is 0 Å². The van der Waals surface area contributed by atoms with Crippen molar-refractivity contribution < 1.29 is 14.6 Å². The molecule has 0 rings (SSSR count). The van der Waals surface area contributed by atoms with Crippen LogP contribution in [0.4, 0.5) is 0 Å². The van der Waals surface area contributed by atoms with Gasteiger partial charge in [-0.3, -0.25) is 0 Å². The van der Waals surface area contributed by atoms with E-state index in [0.717, 1.165) is 19.3 Å². The molecular weight excluding hydrogens is 252 g/mol. The summed E-state index contributed by atoms with van der Waals surface area (Å²) in [6.45, 7) is 6.08. The van der Waals surface area contributed by atoms with E-state index in [1.807, 2.05) is 0 Å². The van der Waals surface area contributed by atoms with Crippen molar-refractivity contribution in [3.63, 3.8) is 0 Å². The summed E-state index contributed by atoms with van der Waals surface area (Å²) in [5, 5.41) is 8.65. The number of carbonyl (C=O) groups is 1. The molecule has 0 aliphatic carbocycles. The molecule has 118 valence electrons. The third-order valence-corrected chi connectivity index (χ3v) is 3.38. The number of unbranched alkanes of at least 4 members (excludes halogenated alkanes) is 10. The first kappa shape index (κ1) is 19.2. The Balaban J connectivity index is 3.06. The molecule has 0 atom stereocenters. The van der Waals surface area contributed by atoms with E-state index >= 15 is 0 Å². The van der Waals surface area contributed by atoms with Gasteiger partial charge in [0.05, 0.1) is 6.61 Å². The minimum Gasteiger partial charge on any atom is -0.462 e. The number of aliphatic hydroxyl groups excluding tert-OH is 1. The van der Waals surface area contributed by atoms with Crippen molar-refractivity contribution in [3.8, 4) is 0 Å². The van der Waals surface area contributed by atoms with E-state index in [4.69, 9.17) is 9.84 Å². The highest BCUT2D eigenvalue weighted by Crippen LogP contribution is 2.11. The van der Waals surface area contributed by atoms with E-state index in [1.165, 1.54) is 51.4 Å². The third-order valence-electron chi connectivity index (χ3n) is 3.38. The van der Waals surface area contributed by atoms with Gasteiger partial charge in [-0.15, -0.1) is 0 Å². The highest BCUT2D eigenvalue weighted by Gasteiger charge is 2.01. The predicted molar refractivity (Wildman–Crippen MR) is 83.6 cm³/mol. The Kier molecular flexibility index (Phi) is 14.0. The van der Waals surface area contributed by atoms with Gasteiger partial charge in [-0.05, 0) is 19.8 Å². The fourth-order valence-corrected chi connectivity index (χ4v) is 2.09. The van der Waals surface area contributed by atoms with Crippen LogP contribution in [0.5, 0.6) is 0 Å². The highest BCUT2D eigenvalue weighted by molar-refractivity contribution is 5.86. The summed E-state index contributed by atoms with van der Waals surface area (Å²) in [4.78, 5) is 11.1. The van der Waals surface area contributed by atoms with Gasteiger partial charge < -0.3 is 9.84 Å². The lowest BCUT2D eigenvalue weighted by Gasteiger charge is -2.04. The van der Waals surface area contributed by atoms with Crippen LogP contribution in [0.1, 0.15) is 77.6 Å². The maximum Gasteiger partial charge on any atom is 0.333 e. The van der Waals surface area contributed by atoms with Crippen molar-refractivity contribution in [1.82, 2.24) is 0 Å². The van der Waals surface area contributed by atoms with Gasteiger partial charge in [0.15, 0.2) is 0 Å². The summed E-state index contributed by atoms with van der Waals surface area (Å²) in [7, 11) is 0. The van der Waals surface area contributed by atoms with Crippen molar-refractivity contribution >= 4 is 5.97 Å². The Morgan fingerprint density at radius 2 is 1.25 bits per heavy atom. The number of carbonyl (C=O) groups excluding carboxylic acids is 1. The molecule has 1 N–H and O–H groups in total. The predicted octanol–water partition coefficient (Wildman–Crippen LogP) is 4.39. The van der Waals surface area contributed by atoms with Crippen molar-refractivity contribution in [2.45, 2.75) is 77.6 Å². The maximum absolute atomic E-state index is 11.1. The van der Waals surface area contributed by atoms with Gasteiger partial charge in [-0.2, -0.15) is 0 Å². The second kappa shape index (κ2) is 14.6. The average molecular weight is 284 g/mol. The van der Waals surface area contributed by atoms with E-state index in [9.17, 15) is 4.79 Å². The first-order valence-electron chi connectivity index (χ1n) is 8.12. The number of hydrogen-bond acceptors (Lipinski definition) is 3. The molecule has 0 aliphatic rings. The topological polar surface area (TPSA) is 46.5 Å². The first-order valence-corrected chi connectivity index (χ1v) is 8.12. The molecule has 0 aromatic heterocycles. The van der Waals surface area contributed by atoms with Crippen molar-refractivity contribution in [2.75, 3.05) is 13.2 Å². The molecule has 0 saturated heterocycles. The second-order valence-electron chi connectivity index (χ2n) is 5.53. The fourth-order valence-electron chi connectivity index (χ4n) is 2.09. The normalized spacial score (nSPS) is 10.5. The summed E-state index contributed by atoms with van der Waals surface area (Å²) in [6.07, 6.45) is 13.2. The highest BCUT2D eigenvalue weighted by atomic mass is 16.5. The standard InChI is InChI=1S/C17H32O3/c1-16(2)17(19)20-15-13-11-9-7-5-3-4-6-8-10-12-14-18/h18H,1,3-15H2,2H3. The Morgan fingerprint density at radius 1 is 0.850 bits per heavy atom. The molecule has 0 fully saturated rings. The lowest BCUT2D eigenvalue weighted by atomic mass is 10.1. The smallest absolute Gasteiger partial charge is 0.333 e. The monoisotopic (exact) mass is 284 g/mol. The van der Waals surface area contributed by atoms with Crippen LogP contribution in [0.15, 0.2) is 12.2 Å². The van der Waals surface area contributed by atoms with E-state index in [-0.39, 0.29) is 5.97 Å². The van der Waals surface area contributed by atoms with Gasteiger partial charge >= 0.3 is 5.97 Å². The zero-order valence-corrected chi connectivity index (χ0v) is 13.2. The van der Waals surface area contributed by atoms with Crippen LogP contribution >= 0.6 is 0 Å². The Labute approximate surface area is 124 Å². The van der Waals surface area contributed by atoms with Gasteiger partial charge in [0.2, 0.25) is 0 Å². The second-order valence-corrected chi connectivity index (χ2v) is 5.53. The quantitative estimate of drug-likeness (QED) is 0.292. The number of esters is 1. The molecule has 3 heteroatoms. The molecule has 20 heavy (non-hydrogen) atoms. The molecule has 0 heterocycles. The van der Waals surface area contributed by atoms with Gasteiger partial charge in [0.1, 0.15) is 0 Å². The number of rotatable bonds is 14. The number of hydrogen-bond donors (Lipinski definition) is 1. The van der Waals surface area contributed by atoms with Crippen LogP contribution < -0.4 is 0 Å². The summed E-state index contributed by atoms with van der Waals surface area (Å²) < 4.78 is 5.04. The van der Waals surface area contributed by atoms with Crippen LogP contribution in [0.25, 0.3) is 0 Å². The van der Waals surface area contributed by atoms with Crippen LogP contribution in [0, 0.1) is 0 Å². The lowest BCUT2D eigenvalue weighted by molar-refractivity contribution is -0.139. The first-order chi connectivity index (χ1) is 9.68. The minimum atomic E-state index is -0.272. The van der Waals surface area contributed by atoms with Crippen molar-refractivity contribution in [3.05, 3.63) is 12.2 Å². The van der Waals surface area contributed by atoms with Crippen molar-refractivity contribution in [1.29, 1.82) is 0 Å². The largest absolute Gasteiger partial charge is 0.462 e. The van der Waals surface area contributed by atoms with Crippen LogP contribution in [-0.2, 0) is 9.53 Å². The molecule has 0 spiro atoms. The van der Waals surface area contributed by atoms with Gasteiger partial charge in [-0.1, -0.05) is 64.4 Å². The van der Waals surface area contributed by atoms with E-state index < -0.39 is 0 Å². The molecule has 0 radical (unpaired) electrons. The molecule has 0 saturated carbocycles. The molecule has 0 aliphatic heterocycles. The minimum absolute atomic E-state index is 0.272. The van der Waals surface area contributed by atoms with E-state index in [2.05, 4.69) is 6.58 Å². The Hall–Kier alpha value is -0.830. The van der Waals surface area contributed by atoms with Crippen LogP contribution in [0.3, 0.4) is 0 Å².